The summed E-state index contributed by atoms with van der Waals surface area (Å²) in [5, 5.41) is 14.3. The number of hydrazone groups is 1. The summed E-state index contributed by atoms with van der Waals surface area (Å²) < 4.78 is 5.14. The third-order valence-corrected chi connectivity index (χ3v) is 5.83. The zero-order chi connectivity index (χ0) is 21.6. The Morgan fingerprint density at radius 3 is 2.10 bits per heavy atom. The first-order chi connectivity index (χ1) is 15.1. The third kappa shape index (κ3) is 5.28. The molecule has 0 atom stereocenters. The summed E-state index contributed by atoms with van der Waals surface area (Å²) in [6, 6.07) is 3.26. The van der Waals surface area contributed by atoms with Crippen LogP contribution in [0.25, 0.3) is 0 Å². The largest absolute Gasteiger partial charge is 0.503 e. The molecule has 1 aromatic carbocycles. The van der Waals surface area contributed by atoms with Gasteiger partial charge in [0.1, 0.15) is 0 Å². The average molecular weight is 446 g/mol. The number of nitrogens with zero attached hydrogens (tertiary/aromatic N) is 6. The van der Waals surface area contributed by atoms with Crippen LogP contribution in [-0.4, -0.2) is 59.6 Å². The fourth-order valence-electron chi connectivity index (χ4n) is 3.86. The maximum Gasteiger partial charge on any atom is 0.250 e. The second-order valence-electron chi connectivity index (χ2n) is 7.78. The predicted octanol–water partition coefficient (Wildman–Crippen LogP) is 3.67. The zero-order valence-electron chi connectivity index (χ0n) is 17.7. The number of phenolic OH excluding ortho intramolecular Hbond substituents is 1. The number of halogens is 1. The van der Waals surface area contributed by atoms with E-state index in [0.29, 0.717) is 23.4 Å². The summed E-state index contributed by atoms with van der Waals surface area (Å²) in [6.07, 6.45) is 8.66. The van der Waals surface area contributed by atoms with Gasteiger partial charge < -0.3 is 19.6 Å². The minimum Gasteiger partial charge on any atom is -0.503 e. The molecular weight excluding hydrogens is 418 g/mol. The maximum absolute atomic E-state index is 9.88. The predicted molar refractivity (Wildman–Crippen MR) is 123 cm³/mol. The smallest absolute Gasteiger partial charge is 0.250 e. The fraction of sp³-hybridized carbons (Fsp3) is 0.524. The minimum atomic E-state index is -0.0934. The lowest BCUT2D eigenvalue weighted by Gasteiger charge is -2.30. The summed E-state index contributed by atoms with van der Waals surface area (Å²) in [5.74, 6) is 1.99. The van der Waals surface area contributed by atoms with Gasteiger partial charge in [-0.3, -0.25) is 0 Å². The van der Waals surface area contributed by atoms with Gasteiger partial charge in [0.2, 0.25) is 17.8 Å². The van der Waals surface area contributed by atoms with Gasteiger partial charge >= 0.3 is 0 Å². The molecule has 2 aromatic rings. The number of aromatic hydroxyl groups is 1. The summed E-state index contributed by atoms with van der Waals surface area (Å²) in [7, 11) is 1.47. The monoisotopic (exact) mass is 445 g/mol. The molecule has 0 amide bonds. The van der Waals surface area contributed by atoms with Crippen molar-refractivity contribution in [2.45, 2.75) is 38.5 Å². The van der Waals surface area contributed by atoms with Gasteiger partial charge in [0.15, 0.2) is 11.5 Å². The summed E-state index contributed by atoms with van der Waals surface area (Å²) in [4.78, 5) is 18.4. The normalized spacial score (nSPS) is 17.2. The van der Waals surface area contributed by atoms with E-state index in [1.165, 1.54) is 20.0 Å². The van der Waals surface area contributed by atoms with E-state index in [1.807, 2.05) is 0 Å². The molecule has 2 saturated heterocycles. The van der Waals surface area contributed by atoms with Crippen molar-refractivity contribution in [1.82, 2.24) is 15.0 Å². The van der Waals surface area contributed by atoms with Crippen LogP contribution in [0.5, 0.6) is 11.5 Å². The highest BCUT2D eigenvalue weighted by Gasteiger charge is 2.20. The Morgan fingerprint density at radius 2 is 1.55 bits per heavy atom. The van der Waals surface area contributed by atoms with E-state index in [4.69, 9.17) is 21.3 Å². The number of nitrogens with one attached hydrogen (secondary N) is 1. The minimum absolute atomic E-state index is 0.0934. The molecule has 4 rings (SSSR count). The fourth-order valence-corrected chi connectivity index (χ4v) is 4.08. The maximum atomic E-state index is 9.88. The van der Waals surface area contributed by atoms with Crippen LogP contribution in [0, 0.1) is 0 Å². The molecule has 2 N–H and O–H groups in total. The van der Waals surface area contributed by atoms with Gasteiger partial charge in [0, 0.05) is 26.2 Å². The van der Waals surface area contributed by atoms with Crippen LogP contribution in [0.15, 0.2) is 17.2 Å². The molecule has 0 radical (unpaired) electrons. The topological polar surface area (TPSA) is 99.0 Å². The summed E-state index contributed by atoms with van der Waals surface area (Å²) in [5.41, 5.74) is 3.61. The van der Waals surface area contributed by atoms with Gasteiger partial charge in [-0.2, -0.15) is 20.1 Å². The van der Waals surface area contributed by atoms with Crippen molar-refractivity contribution in [1.29, 1.82) is 0 Å². The Hall–Kier alpha value is -2.81. The highest BCUT2D eigenvalue weighted by atomic mass is 35.5. The lowest BCUT2D eigenvalue weighted by molar-refractivity contribution is 0.373. The Kier molecular flexibility index (Phi) is 6.91. The number of piperidine rings is 2. The highest BCUT2D eigenvalue weighted by Crippen LogP contribution is 2.34. The van der Waals surface area contributed by atoms with Crippen molar-refractivity contribution in [2.24, 2.45) is 5.10 Å². The van der Waals surface area contributed by atoms with E-state index in [0.717, 1.165) is 51.9 Å². The quantitative estimate of drug-likeness (QED) is 0.513. The molecule has 0 saturated carbocycles. The molecule has 0 bridgehead atoms. The first-order valence-corrected chi connectivity index (χ1v) is 11.1. The van der Waals surface area contributed by atoms with Gasteiger partial charge in [0.05, 0.1) is 18.3 Å². The highest BCUT2D eigenvalue weighted by molar-refractivity contribution is 6.32. The molecule has 2 aliphatic rings. The molecule has 0 aliphatic carbocycles. The molecule has 31 heavy (non-hydrogen) atoms. The SMILES string of the molecule is COc1cc(/C=N/Nc2nc(N3CCCCC3)nc(N3CCCCC3)n2)cc(Cl)c1O. The first-order valence-electron chi connectivity index (χ1n) is 10.8. The lowest BCUT2D eigenvalue weighted by Crippen LogP contribution is -2.34. The number of ether oxygens (including phenoxy) is 1. The first kappa shape index (κ1) is 21.4. The van der Waals surface area contributed by atoms with E-state index < -0.39 is 0 Å². The number of hydrogen-bond acceptors (Lipinski definition) is 9. The van der Waals surface area contributed by atoms with Crippen LogP contribution in [0.1, 0.15) is 44.1 Å². The molecular formula is C21H28ClN7O2. The summed E-state index contributed by atoms with van der Waals surface area (Å²) in [6.45, 7) is 3.83. The summed E-state index contributed by atoms with van der Waals surface area (Å²) >= 11 is 6.05. The van der Waals surface area contributed by atoms with Gasteiger partial charge in [-0.15, -0.1) is 0 Å². The molecule has 166 valence electrons. The number of anilines is 3. The van der Waals surface area contributed by atoms with Crippen molar-refractivity contribution in [3.05, 3.63) is 22.7 Å². The molecule has 3 heterocycles. The Balaban J connectivity index is 1.56. The Labute approximate surface area is 187 Å². The third-order valence-electron chi connectivity index (χ3n) is 5.54. The molecule has 9 nitrogen and oxygen atoms in total. The number of phenols is 1. The Morgan fingerprint density at radius 1 is 0.968 bits per heavy atom. The standard InChI is InChI=1S/C21H28ClN7O2/c1-31-17-13-15(12-16(22)18(17)30)14-23-27-19-24-20(28-8-4-2-5-9-28)26-21(25-19)29-10-6-3-7-11-29/h12-14,30H,2-11H2,1H3,(H,24,25,26,27)/b23-14+. The van der Waals surface area contributed by atoms with Crippen molar-refractivity contribution in [3.63, 3.8) is 0 Å². The van der Waals surface area contributed by atoms with Gasteiger partial charge in [-0.05, 0) is 56.2 Å². The lowest BCUT2D eigenvalue weighted by atomic mass is 10.1. The zero-order valence-corrected chi connectivity index (χ0v) is 18.5. The van der Waals surface area contributed by atoms with Crippen LogP contribution >= 0.6 is 11.6 Å². The van der Waals surface area contributed by atoms with Crippen molar-refractivity contribution in [2.75, 3.05) is 48.5 Å². The van der Waals surface area contributed by atoms with Crippen LogP contribution < -0.4 is 20.0 Å². The molecule has 1 aromatic heterocycles. The molecule has 10 heteroatoms. The van der Waals surface area contributed by atoms with Gasteiger partial charge in [-0.25, -0.2) is 5.43 Å². The second-order valence-corrected chi connectivity index (χ2v) is 8.19. The molecule has 2 fully saturated rings. The van der Waals surface area contributed by atoms with Crippen LogP contribution in [0.3, 0.4) is 0 Å². The molecule has 0 unspecified atom stereocenters. The van der Waals surface area contributed by atoms with E-state index in [9.17, 15) is 5.11 Å². The second kappa shape index (κ2) is 10.00. The van der Waals surface area contributed by atoms with Crippen LogP contribution in [0.2, 0.25) is 5.02 Å². The molecule has 0 spiro atoms. The number of hydrogen-bond donors (Lipinski definition) is 2. The van der Waals surface area contributed by atoms with Gasteiger partial charge in [0.25, 0.3) is 0 Å². The number of methoxy groups -OCH3 is 1. The van der Waals surface area contributed by atoms with E-state index in [-0.39, 0.29) is 16.5 Å². The number of aromatic nitrogens is 3. The van der Waals surface area contributed by atoms with Gasteiger partial charge in [-0.1, -0.05) is 11.6 Å². The van der Waals surface area contributed by atoms with E-state index in [1.54, 1.807) is 18.3 Å². The molecule has 2 aliphatic heterocycles. The van der Waals surface area contributed by atoms with E-state index >= 15 is 0 Å². The number of benzene rings is 1. The van der Waals surface area contributed by atoms with Crippen molar-refractivity contribution >= 4 is 35.7 Å². The van der Waals surface area contributed by atoms with E-state index in [2.05, 4.69) is 30.3 Å². The number of rotatable bonds is 6. The Bertz CT molecular complexity index is 892. The van der Waals surface area contributed by atoms with Crippen LogP contribution in [0.4, 0.5) is 17.8 Å². The van der Waals surface area contributed by atoms with Crippen molar-refractivity contribution < 1.29 is 9.84 Å². The van der Waals surface area contributed by atoms with Crippen molar-refractivity contribution in [3.8, 4) is 11.5 Å². The average Bonchev–Trinajstić information content (AvgIpc) is 2.82. The van der Waals surface area contributed by atoms with Crippen LogP contribution in [-0.2, 0) is 0 Å².